The SMILES string of the molecule is O=S(=O)(Cc1ccc(F)cc1Cl)c1ccc(C(F)(F)F)cn1. The third-order valence-corrected chi connectivity index (χ3v) is 4.66. The number of halogens is 5. The van der Waals surface area contributed by atoms with E-state index in [-0.39, 0.29) is 10.6 Å². The van der Waals surface area contributed by atoms with Crippen LogP contribution in [0.25, 0.3) is 0 Å². The minimum atomic E-state index is -4.60. The smallest absolute Gasteiger partial charge is 0.244 e. The highest BCUT2D eigenvalue weighted by molar-refractivity contribution is 7.90. The molecule has 0 atom stereocenters. The lowest BCUT2D eigenvalue weighted by atomic mass is 10.2. The van der Waals surface area contributed by atoms with E-state index in [1.807, 2.05) is 0 Å². The summed E-state index contributed by atoms with van der Waals surface area (Å²) in [6, 6.07) is 4.59. The number of rotatable bonds is 3. The van der Waals surface area contributed by atoms with Crippen molar-refractivity contribution in [3.05, 3.63) is 58.5 Å². The number of alkyl halides is 3. The molecule has 1 heterocycles. The summed E-state index contributed by atoms with van der Waals surface area (Å²) in [5.74, 6) is -1.22. The molecular formula is C13H8ClF4NO2S. The van der Waals surface area contributed by atoms with Gasteiger partial charge in [-0.25, -0.2) is 17.8 Å². The van der Waals surface area contributed by atoms with Gasteiger partial charge in [-0.05, 0) is 29.8 Å². The molecule has 118 valence electrons. The van der Waals surface area contributed by atoms with E-state index in [1.54, 1.807) is 0 Å². The first kappa shape index (κ1) is 16.7. The van der Waals surface area contributed by atoms with Gasteiger partial charge in [0.2, 0.25) is 0 Å². The number of sulfone groups is 1. The van der Waals surface area contributed by atoms with Crippen molar-refractivity contribution in [3.8, 4) is 0 Å². The summed E-state index contributed by atoms with van der Waals surface area (Å²) in [5, 5.41) is -0.601. The maximum absolute atomic E-state index is 12.9. The Morgan fingerprint density at radius 1 is 1.14 bits per heavy atom. The highest BCUT2D eigenvalue weighted by Crippen LogP contribution is 2.29. The molecule has 2 aromatic rings. The van der Waals surface area contributed by atoms with E-state index in [0.717, 1.165) is 18.2 Å². The zero-order valence-corrected chi connectivity index (χ0v) is 12.3. The van der Waals surface area contributed by atoms with Crippen molar-refractivity contribution in [3.63, 3.8) is 0 Å². The van der Waals surface area contributed by atoms with Crippen LogP contribution in [0.4, 0.5) is 17.6 Å². The van der Waals surface area contributed by atoms with Crippen molar-refractivity contribution in [1.29, 1.82) is 0 Å². The van der Waals surface area contributed by atoms with Crippen molar-refractivity contribution in [1.82, 2.24) is 4.98 Å². The first-order valence-electron chi connectivity index (χ1n) is 5.79. The van der Waals surface area contributed by atoms with Gasteiger partial charge in [-0.15, -0.1) is 0 Å². The first-order chi connectivity index (χ1) is 10.1. The van der Waals surface area contributed by atoms with E-state index in [0.29, 0.717) is 12.3 Å². The van der Waals surface area contributed by atoms with Crippen LogP contribution in [0.2, 0.25) is 5.02 Å². The third kappa shape index (κ3) is 3.75. The second kappa shape index (κ2) is 5.85. The Morgan fingerprint density at radius 2 is 1.82 bits per heavy atom. The zero-order valence-electron chi connectivity index (χ0n) is 10.7. The fraction of sp³-hybridized carbons (Fsp3) is 0.154. The molecule has 0 unspecified atom stereocenters. The minimum Gasteiger partial charge on any atom is -0.244 e. The van der Waals surface area contributed by atoms with Gasteiger partial charge in [0.15, 0.2) is 14.9 Å². The Bertz CT molecular complexity index is 789. The minimum absolute atomic E-state index is 0.0875. The standard InChI is InChI=1S/C13H8ClF4NO2S/c14-11-5-10(15)3-1-8(11)7-22(20,21)12-4-2-9(6-19-12)13(16,17)18/h1-6H,7H2. The van der Waals surface area contributed by atoms with Gasteiger partial charge in [0.25, 0.3) is 0 Å². The molecule has 9 heteroatoms. The van der Waals surface area contributed by atoms with E-state index < -0.39 is 38.2 Å². The van der Waals surface area contributed by atoms with Crippen LogP contribution < -0.4 is 0 Å². The molecule has 3 nitrogen and oxygen atoms in total. The topological polar surface area (TPSA) is 47.0 Å². The molecule has 2 rings (SSSR count). The average molecular weight is 354 g/mol. The number of nitrogens with zero attached hydrogens (tertiary/aromatic N) is 1. The van der Waals surface area contributed by atoms with Crippen LogP contribution >= 0.6 is 11.6 Å². The second-order valence-corrected chi connectivity index (χ2v) is 6.72. The molecule has 1 aromatic carbocycles. The quantitative estimate of drug-likeness (QED) is 0.787. The largest absolute Gasteiger partial charge is 0.417 e. The zero-order chi connectivity index (χ0) is 16.5. The molecule has 0 amide bonds. The van der Waals surface area contributed by atoms with E-state index in [4.69, 9.17) is 11.6 Å². The summed E-state index contributed by atoms with van der Waals surface area (Å²) in [7, 11) is -4.00. The molecular weight excluding hydrogens is 346 g/mol. The van der Waals surface area contributed by atoms with Crippen LogP contribution in [0.3, 0.4) is 0 Å². The van der Waals surface area contributed by atoms with Gasteiger partial charge in [0.1, 0.15) is 5.82 Å². The van der Waals surface area contributed by atoms with Crippen LogP contribution in [0.5, 0.6) is 0 Å². The van der Waals surface area contributed by atoms with E-state index in [2.05, 4.69) is 4.98 Å². The molecule has 0 saturated heterocycles. The molecule has 0 radical (unpaired) electrons. The third-order valence-electron chi connectivity index (χ3n) is 2.74. The van der Waals surface area contributed by atoms with Gasteiger partial charge in [0, 0.05) is 11.2 Å². The lowest BCUT2D eigenvalue weighted by Crippen LogP contribution is -2.10. The summed E-state index contributed by atoms with van der Waals surface area (Å²) < 4.78 is 74.3. The maximum atomic E-state index is 12.9. The number of pyridine rings is 1. The molecule has 22 heavy (non-hydrogen) atoms. The summed E-state index contributed by atoms with van der Waals surface area (Å²) in [4.78, 5) is 3.34. The van der Waals surface area contributed by atoms with Crippen molar-refractivity contribution >= 4 is 21.4 Å². The van der Waals surface area contributed by atoms with Crippen LogP contribution in [-0.4, -0.2) is 13.4 Å². The van der Waals surface area contributed by atoms with Gasteiger partial charge < -0.3 is 0 Å². The van der Waals surface area contributed by atoms with E-state index in [9.17, 15) is 26.0 Å². The Hall–Kier alpha value is -1.67. The fourth-order valence-electron chi connectivity index (χ4n) is 1.65. The number of aromatic nitrogens is 1. The maximum Gasteiger partial charge on any atom is 0.417 e. The molecule has 1 aromatic heterocycles. The Labute approximate surface area is 128 Å². The monoisotopic (exact) mass is 353 g/mol. The summed E-state index contributed by atoms with van der Waals surface area (Å²) in [6.07, 6.45) is -4.16. The van der Waals surface area contributed by atoms with Gasteiger partial charge in [-0.1, -0.05) is 17.7 Å². The molecule has 0 N–H and O–H groups in total. The van der Waals surface area contributed by atoms with Gasteiger partial charge in [-0.3, -0.25) is 0 Å². The van der Waals surface area contributed by atoms with Gasteiger partial charge in [-0.2, -0.15) is 13.2 Å². The summed E-state index contributed by atoms with van der Waals surface area (Å²) >= 11 is 5.73. The van der Waals surface area contributed by atoms with Crippen LogP contribution in [0.1, 0.15) is 11.1 Å². The second-order valence-electron chi connectivity index (χ2n) is 4.38. The summed E-state index contributed by atoms with van der Waals surface area (Å²) in [6.45, 7) is 0. The Kier molecular flexibility index (Phi) is 4.44. The molecule has 0 aliphatic carbocycles. The average Bonchev–Trinajstić information content (AvgIpc) is 2.41. The van der Waals surface area contributed by atoms with Crippen molar-refractivity contribution in [2.45, 2.75) is 17.0 Å². The molecule has 0 saturated carbocycles. The van der Waals surface area contributed by atoms with Crippen LogP contribution in [0, 0.1) is 5.82 Å². The molecule has 0 aliphatic heterocycles. The van der Waals surface area contributed by atoms with Crippen molar-refractivity contribution in [2.24, 2.45) is 0 Å². The van der Waals surface area contributed by atoms with Crippen LogP contribution in [-0.2, 0) is 21.8 Å². The van der Waals surface area contributed by atoms with E-state index >= 15 is 0 Å². The van der Waals surface area contributed by atoms with Gasteiger partial charge >= 0.3 is 6.18 Å². The van der Waals surface area contributed by atoms with Gasteiger partial charge in [0.05, 0.1) is 11.3 Å². The van der Waals surface area contributed by atoms with Crippen molar-refractivity contribution in [2.75, 3.05) is 0 Å². The number of hydrogen-bond donors (Lipinski definition) is 0. The molecule has 0 aliphatic rings. The predicted molar refractivity (Wildman–Crippen MR) is 71.5 cm³/mol. The first-order valence-corrected chi connectivity index (χ1v) is 7.82. The normalized spacial score (nSPS) is 12.4. The molecule has 0 fully saturated rings. The highest BCUT2D eigenvalue weighted by Gasteiger charge is 2.31. The molecule has 0 bridgehead atoms. The van der Waals surface area contributed by atoms with Crippen LogP contribution in [0.15, 0.2) is 41.6 Å². The van der Waals surface area contributed by atoms with Crippen molar-refractivity contribution < 1.29 is 26.0 Å². The highest BCUT2D eigenvalue weighted by atomic mass is 35.5. The van der Waals surface area contributed by atoms with E-state index in [1.165, 1.54) is 6.07 Å². The summed E-state index contributed by atoms with van der Waals surface area (Å²) in [5.41, 5.74) is -0.920. The molecule has 0 spiro atoms. The number of hydrogen-bond acceptors (Lipinski definition) is 3. The lowest BCUT2D eigenvalue weighted by Gasteiger charge is -2.08. The Balaban J connectivity index is 2.31. The number of benzene rings is 1. The lowest BCUT2D eigenvalue weighted by molar-refractivity contribution is -0.137. The Morgan fingerprint density at radius 3 is 2.32 bits per heavy atom. The fourth-order valence-corrected chi connectivity index (χ4v) is 3.26. The predicted octanol–water partition coefficient (Wildman–Crippen LogP) is 3.87.